The second-order valence-electron chi connectivity index (χ2n) is 5.14. The predicted octanol–water partition coefficient (Wildman–Crippen LogP) is 1.70. The van der Waals surface area contributed by atoms with Crippen molar-refractivity contribution in [3.63, 3.8) is 0 Å². The highest BCUT2D eigenvalue weighted by atomic mass is 35.5. The van der Waals surface area contributed by atoms with Crippen molar-refractivity contribution in [1.82, 2.24) is 0 Å². The first-order valence-electron chi connectivity index (χ1n) is 6.22. The van der Waals surface area contributed by atoms with Crippen LogP contribution in [0.15, 0.2) is 18.2 Å². The Hall–Kier alpha value is -2.08. The maximum Gasteiger partial charge on any atom is 0.323 e. The Morgan fingerprint density at radius 1 is 1.38 bits per heavy atom. The van der Waals surface area contributed by atoms with Crippen molar-refractivity contribution in [3.8, 4) is 5.75 Å². The van der Waals surface area contributed by atoms with Crippen LogP contribution in [0.25, 0.3) is 0 Å². The number of benzene rings is 1. The SMILES string of the molecule is CC1(C)Oc2ccc(C(=O)CCl)cc2N(CC(=O)O)C1=O. The van der Waals surface area contributed by atoms with Gasteiger partial charge in [-0.2, -0.15) is 0 Å². The Kier molecular flexibility index (Phi) is 3.91. The van der Waals surface area contributed by atoms with Gasteiger partial charge in [-0.05, 0) is 32.0 Å². The summed E-state index contributed by atoms with van der Waals surface area (Å²) in [6, 6.07) is 4.50. The van der Waals surface area contributed by atoms with E-state index in [-0.39, 0.29) is 17.4 Å². The molecule has 0 aromatic heterocycles. The first-order chi connectivity index (χ1) is 9.76. The number of halogens is 1. The van der Waals surface area contributed by atoms with E-state index in [0.717, 1.165) is 4.90 Å². The lowest BCUT2D eigenvalue weighted by molar-refractivity contribution is -0.139. The number of carboxylic acid groups (broad SMARTS) is 1. The number of nitrogens with zero attached hydrogens (tertiary/aromatic N) is 1. The Labute approximate surface area is 126 Å². The van der Waals surface area contributed by atoms with Gasteiger partial charge in [-0.15, -0.1) is 11.6 Å². The summed E-state index contributed by atoms with van der Waals surface area (Å²) >= 11 is 5.51. The van der Waals surface area contributed by atoms with Crippen molar-refractivity contribution in [1.29, 1.82) is 0 Å². The van der Waals surface area contributed by atoms with Gasteiger partial charge in [-0.25, -0.2) is 0 Å². The number of carbonyl (C=O) groups is 3. The summed E-state index contributed by atoms with van der Waals surface area (Å²) in [5.74, 6) is -1.79. The number of hydrogen-bond acceptors (Lipinski definition) is 4. The number of anilines is 1. The van der Waals surface area contributed by atoms with E-state index in [2.05, 4.69) is 0 Å². The first kappa shape index (κ1) is 15.3. The van der Waals surface area contributed by atoms with Crippen LogP contribution in [0.3, 0.4) is 0 Å². The Morgan fingerprint density at radius 2 is 2.05 bits per heavy atom. The van der Waals surface area contributed by atoms with Crippen LogP contribution in [0.5, 0.6) is 5.75 Å². The number of amides is 1. The van der Waals surface area contributed by atoms with Gasteiger partial charge in [0.2, 0.25) is 0 Å². The third kappa shape index (κ3) is 2.85. The molecule has 0 radical (unpaired) electrons. The largest absolute Gasteiger partial charge is 0.480 e. The molecule has 0 aliphatic carbocycles. The minimum absolute atomic E-state index is 0.196. The van der Waals surface area contributed by atoms with E-state index >= 15 is 0 Å². The van der Waals surface area contributed by atoms with Crippen molar-refractivity contribution >= 4 is 34.9 Å². The Morgan fingerprint density at radius 3 is 2.62 bits per heavy atom. The van der Waals surface area contributed by atoms with Crippen LogP contribution in [0.2, 0.25) is 0 Å². The van der Waals surface area contributed by atoms with E-state index in [1.807, 2.05) is 0 Å². The van der Waals surface area contributed by atoms with Crippen LogP contribution in [-0.2, 0) is 9.59 Å². The Bertz CT molecular complexity index is 626. The Balaban J connectivity index is 2.53. The van der Waals surface area contributed by atoms with Gasteiger partial charge in [0.15, 0.2) is 11.4 Å². The molecule has 0 fully saturated rings. The number of alkyl halides is 1. The molecule has 7 heteroatoms. The highest BCUT2D eigenvalue weighted by Gasteiger charge is 2.41. The fourth-order valence-corrected chi connectivity index (χ4v) is 2.26. The van der Waals surface area contributed by atoms with E-state index in [0.29, 0.717) is 11.3 Å². The molecule has 0 saturated carbocycles. The second-order valence-corrected chi connectivity index (χ2v) is 5.40. The monoisotopic (exact) mass is 311 g/mol. The van der Waals surface area contributed by atoms with Crippen LogP contribution >= 0.6 is 11.6 Å². The fourth-order valence-electron chi connectivity index (χ4n) is 2.11. The average molecular weight is 312 g/mol. The van der Waals surface area contributed by atoms with Gasteiger partial charge in [0.25, 0.3) is 5.91 Å². The number of hydrogen-bond donors (Lipinski definition) is 1. The molecule has 1 N–H and O–H groups in total. The molecule has 21 heavy (non-hydrogen) atoms. The highest BCUT2D eigenvalue weighted by Crippen LogP contribution is 2.38. The molecule has 0 bridgehead atoms. The first-order valence-corrected chi connectivity index (χ1v) is 6.75. The quantitative estimate of drug-likeness (QED) is 0.676. The van der Waals surface area contributed by atoms with Gasteiger partial charge >= 0.3 is 5.97 Å². The van der Waals surface area contributed by atoms with E-state index < -0.39 is 24.0 Å². The molecular weight excluding hydrogens is 298 g/mol. The van der Waals surface area contributed by atoms with Gasteiger partial charge in [0.05, 0.1) is 11.6 Å². The van der Waals surface area contributed by atoms with Crippen molar-refractivity contribution in [3.05, 3.63) is 23.8 Å². The molecule has 6 nitrogen and oxygen atoms in total. The van der Waals surface area contributed by atoms with E-state index in [4.69, 9.17) is 21.4 Å². The minimum atomic E-state index is -1.17. The normalized spacial score (nSPS) is 16.1. The highest BCUT2D eigenvalue weighted by molar-refractivity contribution is 6.30. The molecule has 2 rings (SSSR count). The molecule has 0 spiro atoms. The molecule has 0 unspecified atom stereocenters. The van der Waals surface area contributed by atoms with E-state index in [9.17, 15) is 14.4 Å². The van der Waals surface area contributed by atoms with Crippen molar-refractivity contribution < 1.29 is 24.2 Å². The topological polar surface area (TPSA) is 83.9 Å². The number of ether oxygens (including phenoxy) is 1. The molecule has 0 saturated heterocycles. The maximum atomic E-state index is 12.3. The molecular formula is C14H14ClNO5. The van der Waals surface area contributed by atoms with Gasteiger partial charge in [0.1, 0.15) is 12.3 Å². The predicted molar refractivity (Wildman–Crippen MR) is 76.2 cm³/mol. The smallest absolute Gasteiger partial charge is 0.323 e. The summed E-state index contributed by atoms with van der Waals surface area (Å²) in [7, 11) is 0. The summed E-state index contributed by atoms with van der Waals surface area (Å²) in [6.45, 7) is 2.62. The van der Waals surface area contributed by atoms with Gasteiger partial charge in [-0.3, -0.25) is 19.3 Å². The van der Waals surface area contributed by atoms with Crippen LogP contribution < -0.4 is 9.64 Å². The number of carboxylic acids is 1. The van der Waals surface area contributed by atoms with Crippen molar-refractivity contribution in [2.75, 3.05) is 17.3 Å². The summed E-state index contributed by atoms with van der Waals surface area (Å²) in [5.41, 5.74) is -0.603. The zero-order chi connectivity index (χ0) is 15.8. The minimum Gasteiger partial charge on any atom is -0.480 e. The van der Waals surface area contributed by atoms with Crippen LogP contribution in [0.4, 0.5) is 5.69 Å². The molecule has 1 aliphatic heterocycles. The van der Waals surface area contributed by atoms with E-state index in [1.165, 1.54) is 18.2 Å². The number of fused-ring (bicyclic) bond motifs is 1. The molecule has 0 atom stereocenters. The molecule has 1 aromatic carbocycles. The molecule has 1 heterocycles. The third-order valence-corrected chi connectivity index (χ3v) is 3.35. The molecule has 1 amide bonds. The van der Waals surface area contributed by atoms with Crippen molar-refractivity contribution in [2.45, 2.75) is 19.4 Å². The number of Topliss-reactive ketones (excluding diaryl/α,β-unsaturated/α-hetero) is 1. The van der Waals surface area contributed by atoms with Gasteiger partial charge in [-0.1, -0.05) is 0 Å². The average Bonchev–Trinajstić information content (AvgIpc) is 2.42. The van der Waals surface area contributed by atoms with Crippen LogP contribution in [0.1, 0.15) is 24.2 Å². The third-order valence-electron chi connectivity index (χ3n) is 3.11. The fraction of sp³-hybridized carbons (Fsp3) is 0.357. The van der Waals surface area contributed by atoms with Crippen molar-refractivity contribution in [2.24, 2.45) is 0 Å². The van der Waals surface area contributed by atoms with Crippen LogP contribution in [0, 0.1) is 0 Å². The lowest BCUT2D eigenvalue weighted by Crippen LogP contribution is -2.53. The zero-order valence-electron chi connectivity index (χ0n) is 11.6. The molecule has 1 aromatic rings. The molecule has 112 valence electrons. The summed E-state index contributed by atoms with van der Waals surface area (Å²) in [4.78, 5) is 36.1. The summed E-state index contributed by atoms with van der Waals surface area (Å²) in [6.07, 6.45) is 0. The number of rotatable bonds is 4. The molecule has 1 aliphatic rings. The van der Waals surface area contributed by atoms with E-state index in [1.54, 1.807) is 13.8 Å². The number of ketones is 1. The van der Waals surface area contributed by atoms with Gasteiger partial charge in [0, 0.05) is 5.56 Å². The summed E-state index contributed by atoms with van der Waals surface area (Å²) in [5, 5.41) is 8.98. The lowest BCUT2D eigenvalue weighted by Gasteiger charge is -2.38. The summed E-state index contributed by atoms with van der Waals surface area (Å²) < 4.78 is 5.58. The standard InChI is InChI=1S/C14H14ClNO5/c1-14(2)13(20)16(7-12(18)19)9-5-8(10(17)6-15)3-4-11(9)21-14/h3-5H,6-7H2,1-2H3,(H,18,19). The van der Waals surface area contributed by atoms with Crippen LogP contribution in [-0.4, -0.2) is 40.8 Å². The zero-order valence-corrected chi connectivity index (χ0v) is 12.3. The van der Waals surface area contributed by atoms with Gasteiger partial charge < -0.3 is 9.84 Å². The maximum absolute atomic E-state index is 12.3. The lowest BCUT2D eigenvalue weighted by atomic mass is 10.0. The number of carbonyl (C=O) groups excluding carboxylic acids is 2. The second kappa shape index (κ2) is 5.37. The number of aliphatic carboxylic acids is 1.